The van der Waals surface area contributed by atoms with Crippen molar-refractivity contribution in [1.82, 2.24) is 19.8 Å². The fourth-order valence-electron chi connectivity index (χ4n) is 4.12. The second kappa shape index (κ2) is 9.43. The Morgan fingerprint density at radius 2 is 2.07 bits per heavy atom. The second-order valence-electron chi connectivity index (χ2n) is 7.52. The molecule has 1 aromatic heterocycles. The average molecular weight is 405 g/mol. The van der Waals surface area contributed by atoms with Gasteiger partial charge in [-0.25, -0.2) is 4.98 Å². The van der Waals surface area contributed by atoms with Crippen LogP contribution >= 0.6 is 12.4 Å². The number of imidazole rings is 1. The number of hydrogen-bond donors (Lipinski definition) is 1. The lowest BCUT2D eigenvalue weighted by atomic mass is 9.98. The van der Waals surface area contributed by atoms with Gasteiger partial charge in [-0.15, -0.1) is 12.4 Å². The van der Waals surface area contributed by atoms with E-state index in [0.717, 1.165) is 37.5 Å². The average Bonchev–Trinajstić information content (AvgIpc) is 3.14. The quantitative estimate of drug-likeness (QED) is 0.849. The molecule has 152 valence electrons. The van der Waals surface area contributed by atoms with Crippen LogP contribution in [-0.2, 0) is 7.05 Å². The van der Waals surface area contributed by atoms with E-state index in [1.165, 1.54) is 19.3 Å². The van der Waals surface area contributed by atoms with Gasteiger partial charge in [0.1, 0.15) is 17.6 Å². The van der Waals surface area contributed by atoms with Crippen LogP contribution in [0.25, 0.3) is 0 Å². The number of benzene rings is 1. The summed E-state index contributed by atoms with van der Waals surface area (Å²) in [6.07, 6.45) is 9.97. The van der Waals surface area contributed by atoms with Gasteiger partial charge >= 0.3 is 0 Å². The van der Waals surface area contributed by atoms with Crippen molar-refractivity contribution >= 4 is 18.3 Å². The molecule has 1 amide bonds. The van der Waals surface area contributed by atoms with Gasteiger partial charge in [0.05, 0.1) is 6.10 Å². The van der Waals surface area contributed by atoms with Gasteiger partial charge in [0.2, 0.25) is 0 Å². The van der Waals surface area contributed by atoms with E-state index >= 15 is 0 Å². The highest BCUT2D eigenvalue weighted by molar-refractivity contribution is 5.95. The minimum absolute atomic E-state index is 0. The van der Waals surface area contributed by atoms with Gasteiger partial charge in [-0.2, -0.15) is 0 Å². The first-order chi connectivity index (χ1) is 13.2. The van der Waals surface area contributed by atoms with Crippen LogP contribution in [-0.4, -0.2) is 46.1 Å². The summed E-state index contributed by atoms with van der Waals surface area (Å²) in [5.74, 6) is 1.75. The molecule has 28 heavy (non-hydrogen) atoms. The van der Waals surface area contributed by atoms with E-state index in [0.29, 0.717) is 12.1 Å². The van der Waals surface area contributed by atoms with Crippen molar-refractivity contribution in [2.45, 2.75) is 44.2 Å². The number of nitrogens with one attached hydrogen (secondary N) is 1. The number of piperazine rings is 1. The number of carbonyl (C=O) groups excluding carboxylic acids is 1. The van der Waals surface area contributed by atoms with E-state index in [1.807, 2.05) is 47.0 Å². The number of amides is 1. The first-order valence-electron chi connectivity index (χ1n) is 9.98. The zero-order valence-electron chi connectivity index (χ0n) is 16.3. The fourth-order valence-corrected chi connectivity index (χ4v) is 4.12. The Labute approximate surface area is 172 Å². The number of carbonyl (C=O) groups is 1. The van der Waals surface area contributed by atoms with Crippen molar-refractivity contribution in [3.05, 3.63) is 48.0 Å². The maximum atomic E-state index is 13.3. The molecule has 2 aromatic rings. The summed E-state index contributed by atoms with van der Waals surface area (Å²) >= 11 is 0. The van der Waals surface area contributed by atoms with Crippen molar-refractivity contribution in [3.63, 3.8) is 0 Å². The van der Waals surface area contributed by atoms with Gasteiger partial charge in [0.25, 0.3) is 5.91 Å². The Balaban J connectivity index is 0.00000225. The first kappa shape index (κ1) is 20.7. The molecule has 1 saturated heterocycles. The van der Waals surface area contributed by atoms with Crippen LogP contribution in [0, 0.1) is 0 Å². The van der Waals surface area contributed by atoms with E-state index in [1.54, 1.807) is 6.20 Å². The zero-order valence-corrected chi connectivity index (χ0v) is 17.2. The van der Waals surface area contributed by atoms with Crippen molar-refractivity contribution in [3.8, 4) is 5.75 Å². The molecule has 2 fully saturated rings. The van der Waals surface area contributed by atoms with Crippen LogP contribution < -0.4 is 10.1 Å². The van der Waals surface area contributed by atoms with Gasteiger partial charge in [0.15, 0.2) is 0 Å². The lowest BCUT2D eigenvalue weighted by Gasteiger charge is -2.36. The van der Waals surface area contributed by atoms with Crippen LogP contribution in [0.4, 0.5) is 0 Å². The molecule has 1 saturated carbocycles. The van der Waals surface area contributed by atoms with Gasteiger partial charge in [0, 0.05) is 44.6 Å². The maximum absolute atomic E-state index is 13.3. The molecule has 1 aliphatic heterocycles. The van der Waals surface area contributed by atoms with Gasteiger partial charge < -0.3 is 19.5 Å². The normalized spacial score (nSPS) is 20.5. The predicted molar refractivity (Wildman–Crippen MR) is 111 cm³/mol. The summed E-state index contributed by atoms with van der Waals surface area (Å²) in [7, 11) is 1.97. The molecule has 6 nitrogen and oxygen atoms in total. The Morgan fingerprint density at radius 1 is 1.25 bits per heavy atom. The Morgan fingerprint density at radius 3 is 2.82 bits per heavy atom. The number of nitrogens with zero attached hydrogens (tertiary/aromatic N) is 3. The molecular weight excluding hydrogens is 376 g/mol. The largest absolute Gasteiger partial charge is 0.490 e. The third-order valence-electron chi connectivity index (χ3n) is 5.60. The van der Waals surface area contributed by atoms with Crippen LogP contribution in [0.5, 0.6) is 5.75 Å². The van der Waals surface area contributed by atoms with Crippen LogP contribution in [0.2, 0.25) is 0 Å². The minimum Gasteiger partial charge on any atom is -0.490 e. The third-order valence-corrected chi connectivity index (χ3v) is 5.60. The summed E-state index contributed by atoms with van der Waals surface area (Å²) < 4.78 is 8.14. The summed E-state index contributed by atoms with van der Waals surface area (Å²) in [6, 6.07) is 7.60. The number of aryl methyl sites for hydroxylation is 1. The number of aromatic nitrogens is 2. The molecule has 1 atom stereocenters. The standard InChI is InChI=1S/C21H28N4O2.ClH/c1-24-12-11-23-20(24)19-15-22-10-13-25(19)21(26)16-6-5-9-18(14-16)27-17-7-3-2-4-8-17;/h5-6,9,11-12,14,17,19,22H,2-4,7-8,10,13,15H2,1H3;1H. The lowest BCUT2D eigenvalue weighted by molar-refractivity contribution is 0.0620. The van der Waals surface area contributed by atoms with Crippen LogP contribution in [0.3, 0.4) is 0 Å². The molecule has 1 aliphatic carbocycles. The summed E-state index contributed by atoms with van der Waals surface area (Å²) in [5, 5.41) is 3.38. The van der Waals surface area contributed by atoms with E-state index in [2.05, 4.69) is 10.3 Å². The predicted octanol–water partition coefficient (Wildman–Crippen LogP) is 3.34. The highest BCUT2D eigenvalue weighted by Gasteiger charge is 2.31. The zero-order chi connectivity index (χ0) is 18.6. The lowest BCUT2D eigenvalue weighted by Crippen LogP contribution is -2.49. The van der Waals surface area contributed by atoms with Gasteiger partial charge in [-0.1, -0.05) is 12.5 Å². The first-order valence-corrected chi connectivity index (χ1v) is 9.98. The summed E-state index contributed by atoms with van der Waals surface area (Å²) in [6.45, 7) is 2.18. The van der Waals surface area contributed by atoms with Crippen molar-refractivity contribution in [2.75, 3.05) is 19.6 Å². The Kier molecular flexibility index (Phi) is 6.97. The van der Waals surface area contributed by atoms with Gasteiger partial charge in [-0.3, -0.25) is 4.79 Å². The molecule has 0 spiro atoms. The molecule has 2 aliphatic rings. The van der Waals surface area contributed by atoms with E-state index < -0.39 is 0 Å². The van der Waals surface area contributed by atoms with Crippen LogP contribution in [0.15, 0.2) is 36.7 Å². The molecule has 2 heterocycles. The number of halogens is 1. The topological polar surface area (TPSA) is 59.4 Å². The Bertz CT molecular complexity index is 788. The molecule has 0 bridgehead atoms. The molecule has 0 radical (unpaired) electrons. The van der Waals surface area contributed by atoms with Gasteiger partial charge in [-0.05, 0) is 43.9 Å². The summed E-state index contributed by atoms with van der Waals surface area (Å²) in [4.78, 5) is 19.7. The smallest absolute Gasteiger partial charge is 0.254 e. The van der Waals surface area contributed by atoms with Crippen molar-refractivity contribution < 1.29 is 9.53 Å². The Hall–Kier alpha value is -2.05. The molecular formula is C21H29ClN4O2. The SMILES string of the molecule is Cl.Cn1ccnc1C1CNCCN1C(=O)c1cccc(OC2CCCCC2)c1. The third kappa shape index (κ3) is 4.50. The fraction of sp³-hybridized carbons (Fsp3) is 0.524. The molecule has 1 aromatic carbocycles. The number of rotatable bonds is 4. The highest BCUT2D eigenvalue weighted by atomic mass is 35.5. The van der Waals surface area contributed by atoms with E-state index in [4.69, 9.17) is 4.74 Å². The molecule has 4 rings (SSSR count). The molecule has 7 heteroatoms. The molecule has 1 unspecified atom stereocenters. The monoisotopic (exact) mass is 404 g/mol. The summed E-state index contributed by atoms with van der Waals surface area (Å²) in [5.41, 5.74) is 0.685. The minimum atomic E-state index is -0.0610. The van der Waals surface area contributed by atoms with Crippen molar-refractivity contribution in [1.29, 1.82) is 0 Å². The molecule has 1 N–H and O–H groups in total. The second-order valence-corrected chi connectivity index (χ2v) is 7.52. The number of ether oxygens (including phenoxy) is 1. The van der Waals surface area contributed by atoms with E-state index in [9.17, 15) is 4.79 Å². The van der Waals surface area contributed by atoms with E-state index in [-0.39, 0.29) is 30.5 Å². The maximum Gasteiger partial charge on any atom is 0.254 e. The van der Waals surface area contributed by atoms with Crippen LogP contribution in [0.1, 0.15) is 54.3 Å². The number of hydrogen-bond acceptors (Lipinski definition) is 4. The van der Waals surface area contributed by atoms with Crippen molar-refractivity contribution in [2.24, 2.45) is 7.05 Å². The highest BCUT2D eigenvalue weighted by Crippen LogP contribution is 2.26.